The molecule has 0 radical (unpaired) electrons. The zero-order valence-electron chi connectivity index (χ0n) is 8.11. The molecule has 1 N–H and O–H groups in total. The SMILES string of the molecule is CNc1nc(-c2ccccc2C)ns1. The summed E-state index contributed by atoms with van der Waals surface area (Å²) in [6.45, 7) is 2.06. The minimum Gasteiger partial charge on any atom is -0.363 e. The second kappa shape index (κ2) is 3.75. The Bertz CT molecular complexity index is 436. The van der Waals surface area contributed by atoms with Gasteiger partial charge in [0.1, 0.15) is 0 Å². The summed E-state index contributed by atoms with van der Waals surface area (Å²) in [6, 6.07) is 8.12. The molecule has 1 heterocycles. The first-order valence-electron chi connectivity index (χ1n) is 4.38. The molecule has 0 aliphatic carbocycles. The van der Waals surface area contributed by atoms with Crippen molar-refractivity contribution in [2.75, 3.05) is 12.4 Å². The number of hydrogen-bond donors (Lipinski definition) is 1. The summed E-state index contributed by atoms with van der Waals surface area (Å²) >= 11 is 1.38. The van der Waals surface area contributed by atoms with E-state index in [1.165, 1.54) is 17.1 Å². The molecule has 0 aliphatic rings. The van der Waals surface area contributed by atoms with Crippen LogP contribution in [0, 0.1) is 6.92 Å². The Labute approximate surface area is 87.0 Å². The van der Waals surface area contributed by atoms with Gasteiger partial charge in [0.2, 0.25) is 5.13 Å². The lowest BCUT2D eigenvalue weighted by Crippen LogP contribution is -1.87. The monoisotopic (exact) mass is 205 g/mol. The van der Waals surface area contributed by atoms with E-state index >= 15 is 0 Å². The lowest BCUT2D eigenvalue weighted by molar-refractivity contribution is 1.29. The molecule has 1 aromatic carbocycles. The Kier molecular flexibility index (Phi) is 2.45. The molecular formula is C10H11N3S. The third-order valence-electron chi connectivity index (χ3n) is 2.03. The number of anilines is 1. The van der Waals surface area contributed by atoms with E-state index in [9.17, 15) is 0 Å². The Hall–Kier alpha value is -1.42. The Morgan fingerprint density at radius 2 is 2.07 bits per heavy atom. The Morgan fingerprint density at radius 3 is 2.71 bits per heavy atom. The molecule has 14 heavy (non-hydrogen) atoms. The van der Waals surface area contributed by atoms with Crippen LogP contribution in [0.25, 0.3) is 11.4 Å². The maximum Gasteiger partial charge on any atom is 0.202 e. The second-order valence-corrected chi connectivity index (χ2v) is 3.74. The van der Waals surface area contributed by atoms with Gasteiger partial charge >= 0.3 is 0 Å². The highest BCUT2D eigenvalue weighted by Gasteiger charge is 2.06. The van der Waals surface area contributed by atoms with Gasteiger partial charge in [0, 0.05) is 24.1 Å². The molecular weight excluding hydrogens is 194 g/mol. The van der Waals surface area contributed by atoms with E-state index in [1.807, 2.05) is 25.2 Å². The van der Waals surface area contributed by atoms with Crippen LogP contribution in [-0.2, 0) is 0 Å². The van der Waals surface area contributed by atoms with Crippen LogP contribution < -0.4 is 5.32 Å². The van der Waals surface area contributed by atoms with Crippen molar-refractivity contribution in [3.8, 4) is 11.4 Å². The van der Waals surface area contributed by atoms with Gasteiger partial charge in [0.05, 0.1) is 0 Å². The average Bonchev–Trinajstić information content (AvgIpc) is 2.67. The first-order chi connectivity index (χ1) is 6.81. The molecule has 0 unspecified atom stereocenters. The number of benzene rings is 1. The number of hydrogen-bond acceptors (Lipinski definition) is 4. The van der Waals surface area contributed by atoms with Crippen LogP contribution in [0.1, 0.15) is 5.56 Å². The van der Waals surface area contributed by atoms with Crippen molar-refractivity contribution in [1.82, 2.24) is 9.36 Å². The van der Waals surface area contributed by atoms with Crippen LogP contribution in [0.2, 0.25) is 0 Å². The minimum absolute atomic E-state index is 0.803. The minimum atomic E-state index is 0.803. The topological polar surface area (TPSA) is 37.8 Å². The van der Waals surface area contributed by atoms with Crippen LogP contribution in [0.5, 0.6) is 0 Å². The standard InChI is InChI=1S/C10H11N3S/c1-7-5-3-4-6-8(7)9-12-10(11-2)14-13-9/h3-6H,1-2H3,(H,11,12,13). The van der Waals surface area contributed by atoms with Crippen molar-refractivity contribution in [2.24, 2.45) is 0 Å². The summed E-state index contributed by atoms with van der Waals surface area (Å²) in [7, 11) is 1.85. The van der Waals surface area contributed by atoms with E-state index in [0.717, 1.165) is 16.5 Å². The van der Waals surface area contributed by atoms with Gasteiger partial charge < -0.3 is 5.32 Å². The fraction of sp³-hybridized carbons (Fsp3) is 0.200. The fourth-order valence-electron chi connectivity index (χ4n) is 1.26. The molecule has 3 nitrogen and oxygen atoms in total. The molecule has 0 atom stereocenters. The average molecular weight is 205 g/mol. The number of aromatic nitrogens is 2. The van der Waals surface area contributed by atoms with Gasteiger partial charge in [-0.05, 0) is 12.5 Å². The lowest BCUT2D eigenvalue weighted by atomic mass is 10.1. The lowest BCUT2D eigenvalue weighted by Gasteiger charge is -1.98. The van der Waals surface area contributed by atoms with Gasteiger partial charge in [-0.25, -0.2) is 0 Å². The van der Waals surface area contributed by atoms with Crippen LogP contribution in [0.4, 0.5) is 5.13 Å². The largest absolute Gasteiger partial charge is 0.363 e. The fourth-order valence-corrected chi connectivity index (χ4v) is 1.79. The first-order valence-corrected chi connectivity index (χ1v) is 5.16. The quantitative estimate of drug-likeness (QED) is 0.818. The number of aryl methyl sites for hydroxylation is 1. The normalized spacial score (nSPS) is 10.1. The summed E-state index contributed by atoms with van der Waals surface area (Å²) in [6.07, 6.45) is 0. The van der Waals surface area contributed by atoms with Crippen molar-refractivity contribution < 1.29 is 0 Å². The van der Waals surface area contributed by atoms with Crippen molar-refractivity contribution in [3.05, 3.63) is 29.8 Å². The van der Waals surface area contributed by atoms with Crippen molar-refractivity contribution in [1.29, 1.82) is 0 Å². The number of nitrogens with one attached hydrogen (secondary N) is 1. The molecule has 0 spiro atoms. The van der Waals surface area contributed by atoms with Crippen LogP contribution >= 0.6 is 11.5 Å². The van der Waals surface area contributed by atoms with Crippen molar-refractivity contribution in [2.45, 2.75) is 6.92 Å². The Morgan fingerprint density at radius 1 is 1.29 bits per heavy atom. The third kappa shape index (κ3) is 1.61. The summed E-state index contributed by atoms with van der Waals surface area (Å²) in [5, 5.41) is 3.83. The molecule has 4 heteroatoms. The van der Waals surface area contributed by atoms with Gasteiger partial charge in [0.25, 0.3) is 0 Å². The molecule has 0 bridgehead atoms. The van der Waals surface area contributed by atoms with Crippen molar-refractivity contribution in [3.63, 3.8) is 0 Å². The summed E-state index contributed by atoms with van der Waals surface area (Å²) in [5.41, 5.74) is 2.30. The molecule has 0 aliphatic heterocycles. The smallest absolute Gasteiger partial charge is 0.202 e. The number of nitrogens with zero attached hydrogens (tertiary/aromatic N) is 2. The molecule has 72 valence electrons. The molecule has 1 aromatic heterocycles. The Balaban J connectivity index is 2.44. The molecule has 0 fully saturated rings. The van der Waals surface area contributed by atoms with E-state index in [4.69, 9.17) is 0 Å². The molecule has 0 amide bonds. The summed E-state index contributed by atoms with van der Waals surface area (Å²) in [4.78, 5) is 4.36. The van der Waals surface area contributed by atoms with Crippen LogP contribution in [0.15, 0.2) is 24.3 Å². The highest BCUT2D eigenvalue weighted by atomic mass is 32.1. The van der Waals surface area contributed by atoms with E-state index in [2.05, 4.69) is 27.7 Å². The highest BCUT2D eigenvalue weighted by Crippen LogP contribution is 2.23. The van der Waals surface area contributed by atoms with Gasteiger partial charge in [-0.2, -0.15) is 9.36 Å². The molecule has 2 aromatic rings. The van der Waals surface area contributed by atoms with E-state index in [0.29, 0.717) is 0 Å². The van der Waals surface area contributed by atoms with Gasteiger partial charge in [-0.1, -0.05) is 24.3 Å². The molecule has 0 saturated heterocycles. The van der Waals surface area contributed by atoms with Crippen LogP contribution in [-0.4, -0.2) is 16.4 Å². The second-order valence-electron chi connectivity index (χ2n) is 2.99. The first kappa shape index (κ1) is 9.15. The van der Waals surface area contributed by atoms with E-state index in [-0.39, 0.29) is 0 Å². The summed E-state index contributed by atoms with van der Waals surface area (Å²) < 4.78 is 4.29. The maximum absolute atomic E-state index is 4.36. The maximum atomic E-state index is 4.36. The van der Waals surface area contributed by atoms with Crippen molar-refractivity contribution >= 4 is 16.7 Å². The highest BCUT2D eigenvalue weighted by molar-refractivity contribution is 7.09. The summed E-state index contributed by atoms with van der Waals surface area (Å²) in [5.74, 6) is 0.803. The van der Waals surface area contributed by atoms with Gasteiger partial charge in [-0.15, -0.1) is 0 Å². The van der Waals surface area contributed by atoms with Gasteiger partial charge in [0.15, 0.2) is 5.82 Å². The third-order valence-corrected chi connectivity index (χ3v) is 2.76. The van der Waals surface area contributed by atoms with E-state index in [1.54, 1.807) is 0 Å². The zero-order valence-corrected chi connectivity index (χ0v) is 8.93. The zero-order chi connectivity index (χ0) is 9.97. The van der Waals surface area contributed by atoms with Gasteiger partial charge in [-0.3, -0.25) is 0 Å². The van der Waals surface area contributed by atoms with E-state index < -0.39 is 0 Å². The predicted molar refractivity (Wildman–Crippen MR) is 59.6 cm³/mol. The number of rotatable bonds is 2. The molecule has 0 saturated carbocycles. The predicted octanol–water partition coefficient (Wildman–Crippen LogP) is 2.56. The molecule has 2 rings (SSSR count). The van der Waals surface area contributed by atoms with Crippen LogP contribution in [0.3, 0.4) is 0 Å².